The van der Waals surface area contributed by atoms with E-state index in [-0.39, 0.29) is 17.8 Å². The van der Waals surface area contributed by atoms with Gasteiger partial charge in [0.2, 0.25) is 0 Å². The van der Waals surface area contributed by atoms with E-state index in [1.807, 2.05) is 6.07 Å². The van der Waals surface area contributed by atoms with Crippen LogP contribution in [0.3, 0.4) is 0 Å². The van der Waals surface area contributed by atoms with Crippen molar-refractivity contribution in [3.05, 3.63) is 113 Å². The van der Waals surface area contributed by atoms with Crippen molar-refractivity contribution in [2.45, 2.75) is 25.1 Å². The Labute approximate surface area is 227 Å². The topological polar surface area (TPSA) is 67.2 Å². The Morgan fingerprint density at radius 3 is 2.38 bits per heavy atom. The van der Waals surface area contributed by atoms with Crippen molar-refractivity contribution in [2.24, 2.45) is 0 Å². The first-order valence-electron chi connectivity index (χ1n) is 12.3. The number of rotatable bonds is 5. The molecule has 0 saturated heterocycles. The minimum atomic E-state index is -4.66. The Balaban J connectivity index is 1.68. The van der Waals surface area contributed by atoms with Crippen molar-refractivity contribution in [1.82, 2.24) is 15.1 Å². The second-order valence-corrected chi connectivity index (χ2v) is 9.12. The number of carbonyl (C=O) groups excluding carboxylic acids is 2. The van der Waals surface area contributed by atoms with E-state index in [0.717, 1.165) is 18.2 Å². The van der Waals surface area contributed by atoms with Crippen LogP contribution in [0.5, 0.6) is 0 Å². The summed E-state index contributed by atoms with van der Waals surface area (Å²) in [7, 11) is 0. The number of benzene rings is 3. The Hall–Kier alpha value is -4.91. The predicted octanol–water partition coefficient (Wildman–Crippen LogP) is 5.31. The van der Waals surface area contributed by atoms with Crippen LogP contribution in [0.25, 0.3) is 5.69 Å². The molecule has 0 fully saturated rings. The van der Waals surface area contributed by atoms with Gasteiger partial charge in [-0.25, -0.2) is 9.07 Å². The maximum atomic E-state index is 14.0. The van der Waals surface area contributed by atoms with Gasteiger partial charge in [-0.2, -0.15) is 18.3 Å². The van der Waals surface area contributed by atoms with Gasteiger partial charge in [-0.3, -0.25) is 14.5 Å². The maximum Gasteiger partial charge on any atom is 0.416 e. The van der Waals surface area contributed by atoms with Gasteiger partial charge in [-0.05, 0) is 60.9 Å². The monoisotopic (exact) mass is 546 g/mol. The van der Waals surface area contributed by atoms with Crippen molar-refractivity contribution < 1.29 is 27.2 Å². The average Bonchev–Trinajstić information content (AvgIpc) is 3.33. The van der Waals surface area contributed by atoms with E-state index in [9.17, 15) is 27.2 Å². The van der Waals surface area contributed by atoms with Gasteiger partial charge in [0.1, 0.15) is 23.4 Å². The number of anilines is 1. The Morgan fingerprint density at radius 2 is 1.75 bits per heavy atom. The molecule has 0 bridgehead atoms. The van der Waals surface area contributed by atoms with Crippen molar-refractivity contribution in [1.29, 1.82) is 0 Å². The first-order valence-corrected chi connectivity index (χ1v) is 12.3. The second kappa shape index (κ2) is 10.3. The van der Waals surface area contributed by atoms with Gasteiger partial charge < -0.3 is 5.32 Å². The quantitative estimate of drug-likeness (QED) is 0.273. The first kappa shape index (κ1) is 26.7. The third kappa shape index (κ3) is 4.71. The number of nitrogens with one attached hydrogen (secondary N) is 1. The zero-order valence-electron chi connectivity index (χ0n) is 21.1. The summed E-state index contributed by atoms with van der Waals surface area (Å²) in [5, 5.41) is 7.23. The lowest BCUT2D eigenvalue weighted by atomic mass is 9.81. The van der Waals surface area contributed by atoms with Gasteiger partial charge in [0.15, 0.2) is 0 Å². The van der Waals surface area contributed by atoms with Crippen molar-refractivity contribution >= 4 is 17.6 Å². The van der Waals surface area contributed by atoms with Gasteiger partial charge in [0.05, 0.1) is 11.3 Å². The smallest absolute Gasteiger partial charge is 0.339 e. The summed E-state index contributed by atoms with van der Waals surface area (Å²) in [6, 6.07) is 17.0. The van der Waals surface area contributed by atoms with Gasteiger partial charge in [0.25, 0.3) is 11.8 Å². The van der Waals surface area contributed by atoms with E-state index in [2.05, 4.69) is 16.3 Å². The van der Waals surface area contributed by atoms with Gasteiger partial charge in [-0.15, -0.1) is 6.42 Å². The van der Waals surface area contributed by atoms with Gasteiger partial charge >= 0.3 is 6.18 Å². The number of para-hydroxylation sites is 1. The standard InChI is InChI=1S/C30H22F4N4O2/c1-3-23-25-24(18-13-15-21(31)16-14-18)26(35-27(39)19-9-8-10-20(17-19)30(32,33)34)29(40)37(4-2)28(25)38(36-23)22-11-6-5-7-12-22/h1,5-17,24,26H,4H2,2H3,(H,35,39)/t24-,26+/m0/s1. The number of terminal acetylenes is 1. The first-order chi connectivity index (χ1) is 19.1. The molecular weight excluding hydrogens is 524 g/mol. The fraction of sp³-hybridized carbons (Fsp3) is 0.167. The zero-order chi connectivity index (χ0) is 28.6. The molecule has 1 N–H and O–H groups in total. The summed E-state index contributed by atoms with van der Waals surface area (Å²) in [5.74, 6) is 0.130. The van der Waals surface area contributed by atoms with Crippen molar-refractivity contribution in [3.63, 3.8) is 0 Å². The van der Waals surface area contributed by atoms with E-state index in [1.165, 1.54) is 35.2 Å². The minimum Gasteiger partial charge on any atom is -0.339 e. The average molecular weight is 547 g/mol. The number of nitrogens with zero attached hydrogens (tertiary/aromatic N) is 3. The Bertz CT molecular complexity index is 1620. The highest BCUT2D eigenvalue weighted by Gasteiger charge is 2.46. The summed E-state index contributed by atoms with van der Waals surface area (Å²) in [5.41, 5.74) is 0.486. The molecule has 0 saturated carbocycles. The summed E-state index contributed by atoms with van der Waals surface area (Å²) in [4.78, 5) is 28.7. The van der Waals surface area contributed by atoms with Crippen LogP contribution in [0, 0.1) is 18.2 Å². The number of halogens is 4. The van der Waals surface area contributed by atoms with E-state index >= 15 is 0 Å². The van der Waals surface area contributed by atoms with Crippen LogP contribution in [0.15, 0.2) is 78.9 Å². The number of hydrogen-bond acceptors (Lipinski definition) is 3. The number of alkyl halides is 3. The molecule has 202 valence electrons. The minimum absolute atomic E-state index is 0.181. The molecule has 2 heterocycles. The number of amides is 2. The molecule has 40 heavy (non-hydrogen) atoms. The van der Waals surface area contributed by atoms with Gasteiger partial charge in [-0.1, -0.05) is 36.4 Å². The van der Waals surface area contributed by atoms with E-state index in [0.29, 0.717) is 22.6 Å². The van der Waals surface area contributed by atoms with Gasteiger partial charge in [0, 0.05) is 23.6 Å². The molecule has 1 aromatic heterocycles. The Kier molecular flexibility index (Phi) is 6.90. The van der Waals surface area contributed by atoms with Crippen LogP contribution < -0.4 is 10.2 Å². The molecule has 0 radical (unpaired) electrons. The molecule has 2 atom stereocenters. The fourth-order valence-corrected chi connectivity index (χ4v) is 4.95. The molecule has 1 aliphatic rings. The molecule has 2 amide bonds. The molecule has 0 spiro atoms. The fourth-order valence-electron chi connectivity index (χ4n) is 4.95. The predicted molar refractivity (Wildman–Crippen MR) is 140 cm³/mol. The van der Waals surface area contributed by atoms with Crippen LogP contribution in [-0.4, -0.2) is 34.2 Å². The number of aromatic nitrogens is 2. The van der Waals surface area contributed by atoms with E-state index in [4.69, 9.17) is 6.42 Å². The third-order valence-corrected chi connectivity index (χ3v) is 6.75. The molecule has 1 aliphatic heterocycles. The number of fused-ring (bicyclic) bond motifs is 1. The zero-order valence-corrected chi connectivity index (χ0v) is 21.1. The number of hydrogen-bond donors (Lipinski definition) is 1. The molecule has 0 aliphatic carbocycles. The molecule has 10 heteroatoms. The molecule has 3 aromatic carbocycles. The Morgan fingerprint density at radius 1 is 1.05 bits per heavy atom. The van der Waals surface area contributed by atoms with Crippen LogP contribution >= 0.6 is 0 Å². The second-order valence-electron chi connectivity index (χ2n) is 9.12. The molecule has 4 aromatic rings. The van der Waals surface area contributed by atoms with Crippen LogP contribution in [0.4, 0.5) is 23.4 Å². The van der Waals surface area contributed by atoms with Crippen LogP contribution in [0.1, 0.15) is 45.6 Å². The summed E-state index contributed by atoms with van der Waals surface area (Å²) in [6.07, 6.45) is 1.21. The highest BCUT2D eigenvalue weighted by atomic mass is 19.4. The molecule has 6 nitrogen and oxygen atoms in total. The molecular formula is C30H22F4N4O2. The van der Waals surface area contributed by atoms with Crippen LogP contribution in [0.2, 0.25) is 0 Å². The van der Waals surface area contributed by atoms with Crippen molar-refractivity contribution in [2.75, 3.05) is 11.4 Å². The SMILES string of the molecule is C#Cc1nn(-c2ccccc2)c2c1[C@H](c1ccc(F)cc1)[C@@H](NC(=O)c1cccc(C(F)(F)F)c1)C(=O)N2CC. The highest BCUT2D eigenvalue weighted by Crippen LogP contribution is 2.43. The number of carbonyl (C=O) groups is 2. The maximum absolute atomic E-state index is 14.0. The van der Waals surface area contributed by atoms with Crippen molar-refractivity contribution in [3.8, 4) is 18.0 Å². The lowest BCUT2D eigenvalue weighted by molar-refractivity contribution is -0.137. The van der Waals surface area contributed by atoms with Crippen LogP contribution in [-0.2, 0) is 11.0 Å². The lowest BCUT2D eigenvalue weighted by Gasteiger charge is -2.38. The summed E-state index contributed by atoms with van der Waals surface area (Å²) in [6.45, 7) is 1.92. The van der Waals surface area contributed by atoms with E-state index in [1.54, 1.807) is 35.9 Å². The number of likely N-dealkylation sites (N-methyl/N-ethyl adjacent to an activating group) is 1. The third-order valence-electron chi connectivity index (χ3n) is 6.75. The lowest BCUT2D eigenvalue weighted by Crippen LogP contribution is -2.55. The van der Waals surface area contributed by atoms with E-state index < -0.39 is 41.3 Å². The molecule has 0 unspecified atom stereocenters. The summed E-state index contributed by atoms with van der Waals surface area (Å²) < 4.78 is 55.4. The highest BCUT2D eigenvalue weighted by molar-refractivity contribution is 6.05. The summed E-state index contributed by atoms with van der Waals surface area (Å²) >= 11 is 0. The normalized spacial score (nSPS) is 16.8. The largest absolute Gasteiger partial charge is 0.416 e. The molecule has 5 rings (SSSR count).